The van der Waals surface area contributed by atoms with Crippen LogP contribution in [0, 0.1) is 0 Å². The Hall–Kier alpha value is -6.33. The van der Waals surface area contributed by atoms with Gasteiger partial charge in [0.05, 0.1) is 40.1 Å². The van der Waals surface area contributed by atoms with Crippen molar-refractivity contribution in [2.75, 3.05) is 23.5 Å². The van der Waals surface area contributed by atoms with Crippen molar-refractivity contribution < 1.29 is 0 Å². The van der Waals surface area contributed by atoms with Crippen LogP contribution in [-0.4, -0.2) is 27.8 Å². The molecule has 1 aliphatic heterocycles. The number of aryl methyl sites for hydroxylation is 1. The summed E-state index contributed by atoms with van der Waals surface area (Å²) in [6.45, 7) is 0.805. The Labute approximate surface area is 284 Å². The predicted molar refractivity (Wildman–Crippen MR) is 205 cm³/mol. The van der Waals surface area contributed by atoms with Crippen LogP contribution in [0.15, 0.2) is 152 Å². The molecule has 234 valence electrons. The van der Waals surface area contributed by atoms with Crippen LogP contribution in [-0.2, 0) is 7.05 Å². The number of fused-ring (bicyclic) bond motifs is 6. The highest BCUT2D eigenvalue weighted by molar-refractivity contribution is 6.11. The fourth-order valence-corrected chi connectivity index (χ4v) is 7.79. The van der Waals surface area contributed by atoms with Crippen LogP contribution in [0.1, 0.15) is 0 Å². The molecule has 10 rings (SSSR count). The molecule has 0 saturated carbocycles. The minimum absolute atomic E-state index is 0.805. The first-order chi connectivity index (χ1) is 24.1. The Morgan fingerprint density at radius 3 is 1.98 bits per heavy atom. The standard InChI is InChI=1S/C44H33N5/c1-46-28-48(41-17-8-7-16-40(41)46)34-12-9-13-35(27-34)49-42-25-32(31-19-18-29-10-3-4-11-30(29)24-31)20-22-36(42)37-23-21-33(26-43(37)49)44-45-38-14-5-6-15-39(38)47(44)2/h3-27H,28H2,1-2H3. The van der Waals surface area contributed by atoms with Crippen LogP contribution in [0.5, 0.6) is 0 Å². The molecule has 0 radical (unpaired) electrons. The van der Waals surface area contributed by atoms with Crippen LogP contribution in [0.4, 0.5) is 17.1 Å². The van der Waals surface area contributed by atoms with Crippen LogP contribution in [0.3, 0.4) is 0 Å². The molecule has 1 aliphatic rings. The van der Waals surface area contributed by atoms with E-state index in [4.69, 9.17) is 4.98 Å². The first kappa shape index (κ1) is 27.8. The Morgan fingerprint density at radius 1 is 0.490 bits per heavy atom. The van der Waals surface area contributed by atoms with Gasteiger partial charge >= 0.3 is 0 Å². The lowest BCUT2D eigenvalue weighted by atomic mass is 10.00. The van der Waals surface area contributed by atoms with Crippen molar-refractivity contribution in [2.24, 2.45) is 7.05 Å². The zero-order chi connectivity index (χ0) is 32.6. The zero-order valence-corrected chi connectivity index (χ0v) is 27.4. The van der Waals surface area contributed by atoms with E-state index in [9.17, 15) is 0 Å². The maximum absolute atomic E-state index is 5.06. The molecule has 49 heavy (non-hydrogen) atoms. The molecule has 0 saturated heterocycles. The number of para-hydroxylation sites is 4. The summed E-state index contributed by atoms with van der Waals surface area (Å²) in [5.74, 6) is 0.960. The van der Waals surface area contributed by atoms with Gasteiger partial charge in [-0.1, -0.05) is 91.0 Å². The van der Waals surface area contributed by atoms with Gasteiger partial charge in [0.15, 0.2) is 0 Å². The molecule has 0 N–H and O–H groups in total. The summed E-state index contributed by atoms with van der Waals surface area (Å²) < 4.78 is 4.64. The van der Waals surface area contributed by atoms with Crippen molar-refractivity contribution in [3.63, 3.8) is 0 Å². The first-order valence-corrected chi connectivity index (χ1v) is 16.8. The van der Waals surface area contributed by atoms with Crippen molar-refractivity contribution in [1.82, 2.24) is 14.1 Å². The van der Waals surface area contributed by atoms with Gasteiger partial charge in [0.25, 0.3) is 0 Å². The monoisotopic (exact) mass is 631 g/mol. The molecule has 0 atom stereocenters. The minimum Gasteiger partial charge on any atom is -0.355 e. The Morgan fingerprint density at radius 2 is 1.14 bits per heavy atom. The summed E-state index contributed by atoms with van der Waals surface area (Å²) in [5, 5.41) is 4.95. The number of aromatic nitrogens is 3. The molecule has 7 aromatic carbocycles. The van der Waals surface area contributed by atoms with Crippen LogP contribution >= 0.6 is 0 Å². The van der Waals surface area contributed by atoms with Crippen LogP contribution < -0.4 is 9.80 Å². The molecule has 9 aromatic rings. The quantitative estimate of drug-likeness (QED) is 0.194. The number of hydrogen-bond donors (Lipinski definition) is 0. The van der Waals surface area contributed by atoms with E-state index in [1.165, 1.54) is 55.3 Å². The molecule has 5 nitrogen and oxygen atoms in total. The Balaban J connectivity index is 1.20. The Bertz CT molecular complexity index is 2750. The summed E-state index contributed by atoms with van der Waals surface area (Å²) >= 11 is 0. The highest BCUT2D eigenvalue weighted by Gasteiger charge is 2.25. The lowest BCUT2D eigenvalue weighted by Crippen LogP contribution is -2.24. The molecule has 0 amide bonds. The molecule has 2 aromatic heterocycles. The first-order valence-electron chi connectivity index (χ1n) is 16.8. The second-order valence-electron chi connectivity index (χ2n) is 13.1. The highest BCUT2D eigenvalue weighted by atomic mass is 15.4. The third kappa shape index (κ3) is 4.29. The van der Waals surface area contributed by atoms with Crippen LogP contribution in [0.25, 0.3) is 71.8 Å². The number of imidazole rings is 1. The number of hydrogen-bond acceptors (Lipinski definition) is 3. The molecule has 0 fully saturated rings. The topological polar surface area (TPSA) is 29.2 Å². The van der Waals surface area contributed by atoms with Gasteiger partial charge in [-0.3, -0.25) is 0 Å². The predicted octanol–water partition coefficient (Wildman–Crippen LogP) is 10.7. The fraction of sp³-hybridized carbons (Fsp3) is 0.0682. The average Bonchev–Trinajstić information content (AvgIpc) is 3.79. The van der Waals surface area contributed by atoms with Crippen molar-refractivity contribution >= 4 is 60.7 Å². The molecule has 0 spiro atoms. The molecule has 3 heterocycles. The maximum atomic E-state index is 5.06. The van der Waals surface area contributed by atoms with Gasteiger partial charge in [0.2, 0.25) is 0 Å². The molecule has 5 heteroatoms. The third-order valence-electron chi connectivity index (χ3n) is 10.2. The van der Waals surface area contributed by atoms with Gasteiger partial charge in [0.1, 0.15) is 5.82 Å². The second-order valence-corrected chi connectivity index (χ2v) is 13.1. The third-order valence-corrected chi connectivity index (χ3v) is 10.2. The van der Waals surface area contributed by atoms with Gasteiger partial charge < -0.3 is 18.9 Å². The number of benzene rings is 7. The Kier molecular flexibility index (Phi) is 6.00. The number of rotatable bonds is 4. The van der Waals surface area contributed by atoms with E-state index < -0.39 is 0 Å². The number of anilines is 3. The van der Waals surface area contributed by atoms with Gasteiger partial charge in [0, 0.05) is 41.8 Å². The summed E-state index contributed by atoms with van der Waals surface area (Å²) in [6, 6.07) is 55.0. The maximum Gasteiger partial charge on any atom is 0.140 e. The molecular weight excluding hydrogens is 599 g/mol. The number of nitrogens with zero attached hydrogens (tertiary/aromatic N) is 5. The van der Waals surface area contributed by atoms with Crippen molar-refractivity contribution in [3.8, 4) is 28.2 Å². The smallest absolute Gasteiger partial charge is 0.140 e. The van der Waals surface area contributed by atoms with E-state index >= 15 is 0 Å². The summed E-state index contributed by atoms with van der Waals surface area (Å²) in [6.07, 6.45) is 0. The summed E-state index contributed by atoms with van der Waals surface area (Å²) in [7, 11) is 4.27. The fourth-order valence-electron chi connectivity index (χ4n) is 7.79. The molecule has 0 unspecified atom stereocenters. The summed E-state index contributed by atoms with van der Waals surface area (Å²) in [5.41, 5.74) is 12.7. The zero-order valence-electron chi connectivity index (χ0n) is 27.4. The van der Waals surface area contributed by atoms with Crippen molar-refractivity contribution in [1.29, 1.82) is 0 Å². The average molecular weight is 632 g/mol. The van der Waals surface area contributed by atoms with Gasteiger partial charge in [-0.25, -0.2) is 4.98 Å². The molecule has 0 bridgehead atoms. The van der Waals surface area contributed by atoms with E-state index in [0.29, 0.717) is 0 Å². The lowest BCUT2D eigenvalue weighted by molar-refractivity contribution is 0.948. The molecule has 0 aliphatic carbocycles. The van der Waals surface area contributed by atoms with Gasteiger partial charge in [-0.05, 0) is 82.6 Å². The van der Waals surface area contributed by atoms with E-state index in [0.717, 1.165) is 40.3 Å². The van der Waals surface area contributed by atoms with E-state index in [1.807, 2.05) is 0 Å². The van der Waals surface area contributed by atoms with Gasteiger partial charge in [-0.2, -0.15) is 0 Å². The largest absolute Gasteiger partial charge is 0.355 e. The lowest BCUT2D eigenvalue weighted by Gasteiger charge is -2.21. The normalized spacial score (nSPS) is 12.9. The van der Waals surface area contributed by atoms with E-state index in [-0.39, 0.29) is 0 Å². The highest BCUT2D eigenvalue weighted by Crippen LogP contribution is 2.42. The van der Waals surface area contributed by atoms with Crippen LogP contribution in [0.2, 0.25) is 0 Å². The van der Waals surface area contributed by atoms with Crippen molar-refractivity contribution in [2.45, 2.75) is 0 Å². The summed E-state index contributed by atoms with van der Waals surface area (Å²) in [4.78, 5) is 9.77. The van der Waals surface area contributed by atoms with E-state index in [2.05, 4.69) is 185 Å². The minimum atomic E-state index is 0.805. The molecular formula is C44H33N5. The van der Waals surface area contributed by atoms with Crippen molar-refractivity contribution in [3.05, 3.63) is 152 Å². The second kappa shape index (κ2) is 10.6. The SMILES string of the molecule is CN1CN(c2cccc(-n3c4cc(-c5ccc6ccccc6c5)ccc4c4ccc(-c5nc6ccccc6n5C)cc43)c2)c2ccccc21. The van der Waals surface area contributed by atoms with E-state index in [1.54, 1.807) is 0 Å². The van der Waals surface area contributed by atoms with Gasteiger partial charge in [-0.15, -0.1) is 0 Å².